The van der Waals surface area contributed by atoms with E-state index in [0.717, 1.165) is 0 Å². The molecular formula is C11H11N3O2. The van der Waals surface area contributed by atoms with E-state index >= 15 is 0 Å². The standard InChI is InChI=1S/C11H11N3O2/c1-8(15)14(2)9-6-12-11(13-7-9)10-4-3-5-16-10/h3-7H,1-2H3. The highest BCUT2D eigenvalue weighted by Crippen LogP contribution is 2.17. The van der Waals surface area contributed by atoms with Crippen molar-refractivity contribution in [1.29, 1.82) is 0 Å². The molecule has 16 heavy (non-hydrogen) atoms. The quantitative estimate of drug-likeness (QED) is 0.768. The largest absolute Gasteiger partial charge is 0.461 e. The number of nitrogens with zero attached hydrogens (tertiary/aromatic N) is 3. The summed E-state index contributed by atoms with van der Waals surface area (Å²) in [6.45, 7) is 1.49. The molecule has 0 unspecified atom stereocenters. The first-order valence-electron chi connectivity index (χ1n) is 4.78. The van der Waals surface area contributed by atoms with Crippen LogP contribution in [0.5, 0.6) is 0 Å². The number of furan rings is 1. The fraction of sp³-hybridized carbons (Fsp3) is 0.182. The Kier molecular flexibility index (Phi) is 2.68. The molecule has 5 heteroatoms. The zero-order valence-electron chi connectivity index (χ0n) is 9.04. The molecule has 0 saturated carbocycles. The van der Waals surface area contributed by atoms with E-state index in [1.165, 1.54) is 11.8 Å². The minimum Gasteiger partial charge on any atom is -0.461 e. The maximum atomic E-state index is 11.1. The van der Waals surface area contributed by atoms with Crippen LogP contribution in [0.2, 0.25) is 0 Å². The lowest BCUT2D eigenvalue weighted by Gasteiger charge is -2.13. The van der Waals surface area contributed by atoms with E-state index in [0.29, 0.717) is 17.3 Å². The molecule has 0 N–H and O–H groups in total. The van der Waals surface area contributed by atoms with Gasteiger partial charge >= 0.3 is 0 Å². The average molecular weight is 217 g/mol. The molecule has 5 nitrogen and oxygen atoms in total. The molecule has 1 amide bonds. The van der Waals surface area contributed by atoms with Gasteiger partial charge in [0.15, 0.2) is 11.6 Å². The number of carbonyl (C=O) groups excluding carboxylic acids is 1. The van der Waals surface area contributed by atoms with E-state index in [1.807, 2.05) is 0 Å². The van der Waals surface area contributed by atoms with Gasteiger partial charge in [0, 0.05) is 14.0 Å². The van der Waals surface area contributed by atoms with Gasteiger partial charge in [0.1, 0.15) is 0 Å². The molecule has 0 aliphatic carbocycles. The maximum absolute atomic E-state index is 11.1. The second-order valence-electron chi connectivity index (χ2n) is 3.32. The lowest BCUT2D eigenvalue weighted by molar-refractivity contribution is -0.116. The predicted octanol–water partition coefficient (Wildman–Crippen LogP) is 1.72. The van der Waals surface area contributed by atoms with Gasteiger partial charge in [0.2, 0.25) is 5.91 Å². The molecule has 0 fully saturated rings. The van der Waals surface area contributed by atoms with Gasteiger partial charge < -0.3 is 9.32 Å². The zero-order valence-corrected chi connectivity index (χ0v) is 9.04. The van der Waals surface area contributed by atoms with E-state index in [-0.39, 0.29) is 5.91 Å². The third-order valence-corrected chi connectivity index (χ3v) is 2.24. The van der Waals surface area contributed by atoms with Crippen molar-refractivity contribution in [3.8, 4) is 11.6 Å². The maximum Gasteiger partial charge on any atom is 0.223 e. The number of carbonyl (C=O) groups is 1. The zero-order chi connectivity index (χ0) is 11.5. The van der Waals surface area contributed by atoms with Crippen LogP contribution in [0.1, 0.15) is 6.92 Å². The average Bonchev–Trinajstić information content (AvgIpc) is 2.81. The monoisotopic (exact) mass is 217 g/mol. The number of amides is 1. The second kappa shape index (κ2) is 4.14. The molecule has 2 aromatic rings. The van der Waals surface area contributed by atoms with E-state index in [1.54, 1.807) is 37.8 Å². The molecule has 2 heterocycles. The van der Waals surface area contributed by atoms with Gasteiger partial charge in [-0.15, -0.1) is 0 Å². The highest BCUT2D eigenvalue weighted by atomic mass is 16.3. The first-order chi connectivity index (χ1) is 7.68. The third kappa shape index (κ3) is 1.93. The molecule has 82 valence electrons. The van der Waals surface area contributed by atoms with E-state index in [9.17, 15) is 4.79 Å². The number of hydrogen-bond donors (Lipinski definition) is 0. The summed E-state index contributed by atoms with van der Waals surface area (Å²) in [6, 6.07) is 3.55. The summed E-state index contributed by atoms with van der Waals surface area (Å²) in [5, 5.41) is 0. The van der Waals surface area contributed by atoms with Gasteiger partial charge in [0.05, 0.1) is 24.3 Å². The van der Waals surface area contributed by atoms with Gasteiger partial charge in [-0.2, -0.15) is 0 Å². The van der Waals surface area contributed by atoms with Crippen molar-refractivity contribution >= 4 is 11.6 Å². The Hall–Kier alpha value is -2.17. The molecular weight excluding hydrogens is 206 g/mol. The molecule has 0 aromatic carbocycles. The molecule has 0 bridgehead atoms. The first kappa shape index (κ1) is 10.4. The summed E-state index contributed by atoms with van der Waals surface area (Å²) in [5.74, 6) is 1.05. The van der Waals surface area contributed by atoms with Gasteiger partial charge in [-0.25, -0.2) is 9.97 Å². The summed E-state index contributed by atoms with van der Waals surface area (Å²) in [6.07, 6.45) is 4.74. The highest BCUT2D eigenvalue weighted by Gasteiger charge is 2.08. The summed E-state index contributed by atoms with van der Waals surface area (Å²) in [4.78, 5) is 20.8. The number of hydrogen-bond acceptors (Lipinski definition) is 4. The van der Waals surface area contributed by atoms with Crippen LogP contribution in [0.4, 0.5) is 5.69 Å². The second-order valence-corrected chi connectivity index (χ2v) is 3.32. The fourth-order valence-corrected chi connectivity index (χ4v) is 1.21. The van der Waals surface area contributed by atoms with Crippen LogP contribution >= 0.6 is 0 Å². The normalized spacial score (nSPS) is 10.1. The van der Waals surface area contributed by atoms with Crippen molar-refractivity contribution < 1.29 is 9.21 Å². The predicted molar refractivity (Wildman–Crippen MR) is 58.8 cm³/mol. The van der Waals surface area contributed by atoms with Crippen LogP contribution in [0.3, 0.4) is 0 Å². The van der Waals surface area contributed by atoms with Crippen LogP contribution in [-0.2, 0) is 4.79 Å². The van der Waals surface area contributed by atoms with Crippen LogP contribution in [0.25, 0.3) is 11.6 Å². The van der Waals surface area contributed by atoms with Crippen molar-refractivity contribution in [2.24, 2.45) is 0 Å². The number of anilines is 1. The van der Waals surface area contributed by atoms with Crippen molar-refractivity contribution in [1.82, 2.24) is 9.97 Å². The smallest absolute Gasteiger partial charge is 0.223 e. The van der Waals surface area contributed by atoms with Crippen LogP contribution in [0.15, 0.2) is 35.2 Å². The Bertz CT molecular complexity index is 476. The van der Waals surface area contributed by atoms with Crippen LogP contribution in [-0.4, -0.2) is 22.9 Å². The van der Waals surface area contributed by atoms with Crippen molar-refractivity contribution in [2.75, 3.05) is 11.9 Å². The van der Waals surface area contributed by atoms with Crippen LogP contribution < -0.4 is 4.90 Å². The lowest BCUT2D eigenvalue weighted by Crippen LogP contribution is -2.23. The summed E-state index contributed by atoms with van der Waals surface area (Å²) < 4.78 is 5.16. The Morgan fingerprint density at radius 3 is 2.56 bits per heavy atom. The lowest BCUT2D eigenvalue weighted by atomic mass is 10.4. The Morgan fingerprint density at radius 1 is 1.38 bits per heavy atom. The number of aromatic nitrogens is 2. The molecule has 0 saturated heterocycles. The highest BCUT2D eigenvalue weighted by molar-refractivity contribution is 5.90. The number of rotatable bonds is 2. The van der Waals surface area contributed by atoms with E-state index < -0.39 is 0 Å². The SMILES string of the molecule is CC(=O)N(C)c1cnc(-c2ccco2)nc1. The van der Waals surface area contributed by atoms with Crippen molar-refractivity contribution in [2.45, 2.75) is 6.92 Å². The molecule has 0 atom stereocenters. The van der Waals surface area contributed by atoms with E-state index in [4.69, 9.17) is 4.42 Å². The minimum atomic E-state index is -0.0608. The summed E-state index contributed by atoms with van der Waals surface area (Å²) in [5.41, 5.74) is 0.655. The summed E-state index contributed by atoms with van der Waals surface area (Å²) >= 11 is 0. The molecule has 0 aliphatic rings. The molecule has 2 rings (SSSR count). The Labute approximate surface area is 92.7 Å². The van der Waals surface area contributed by atoms with Gasteiger partial charge in [-0.05, 0) is 12.1 Å². The van der Waals surface area contributed by atoms with Crippen molar-refractivity contribution in [3.05, 3.63) is 30.8 Å². The van der Waals surface area contributed by atoms with E-state index in [2.05, 4.69) is 9.97 Å². The Balaban J connectivity index is 2.26. The minimum absolute atomic E-state index is 0.0608. The van der Waals surface area contributed by atoms with Gasteiger partial charge in [0.25, 0.3) is 0 Å². The topological polar surface area (TPSA) is 59.2 Å². The fourth-order valence-electron chi connectivity index (χ4n) is 1.21. The molecule has 2 aromatic heterocycles. The van der Waals surface area contributed by atoms with Gasteiger partial charge in [-0.3, -0.25) is 4.79 Å². The van der Waals surface area contributed by atoms with Gasteiger partial charge in [-0.1, -0.05) is 0 Å². The third-order valence-electron chi connectivity index (χ3n) is 2.24. The summed E-state index contributed by atoms with van der Waals surface area (Å²) in [7, 11) is 1.67. The molecule has 0 spiro atoms. The Morgan fingerprint density at radius 2 is 2.06 bits per heavy atom. The van der Waals surface area contributed by atoms with Crippen LogP contribution in [0, 0.1) is 0 Å². The first-order valence-corrected chi connectivity index (χ1v) is 4.78. The molecule has 0 aliphatic heterocycles. The van der Waals surface area contributed by atoms with Crippen molar-refractivity contribution in [3.63, 3.8) is 0 Å². The molecule has 0 radical (unpaired) electrons.